The fraction of sp³-hybridized carbons (Fsp3) is 0.400. The second-order valence-electron chi connectivity index (χ2n) is 3.43. The zero-order chi connectivity index (χ0) is 11.8. The number of fused-ring (bicyclic) bond motifs is 1. The van der Waals surface area contributed by atoms with Crippen LogP contribution >= 0.6 is 0 Å². The highest BCUT2D eigenvalue weighted by Crippen LogP contribution is 2.23. The van der Waals surface area contributed by atoms with Crippen LogP contribution < -0.4 is 0 Å². The third-order valence-electron chi connectivity index (χ3n) is 2.30. The molecular weight excluding hydrogens is 219 g/mol. The summed E-state index contributed by atoms with van der Waals surface area (Å²) >= 11 is 0. The molecule has 16 heavy (non-hydrogen) atoms. The van der Waals surface area contributed by atoms with Gasteiger partial charge in [-0.3, -0.25) is 4.98 Å². The fourth-order valence-corrected chi connectivity index (χ4v) is 1.70. The lowest BCUT2D eigenvalue weighted by Gasteiger charge is -2.08. The molecule has 2 heterocycles. The lowest BCUT2D eigenvalue weighted by atomic mass is 10.4. The quantitative estimate of drug-likeness (QED) is 0.792. The van der Waals surface area contributed by atoms with Crippen molar-refractivity contribution in [2.24, 2.45) is 0 Å². The first-order valence-electron chi connectivity index (χ1n) is 4.87. The van der Waals surface area contributed by atoms with Gasteiger partial charge in [0.05, 0.1) is 11.7 Å². The number of halogens is 3. The predicted octanol–water partition coefficient (Wildman–Crippen LogP) is 2.56. The number of aromatic nitrogens is 3. The summed E-state index contributed by atoms with van der Waals surface area (Å²) in [6, 6.07) is 1.67. The molecule has 0 aliphatic rings. The topological polar surface area (TPSA) is 30.7 Å². The Labute approximate surface area is 89.9 Å². The van der Waals surface area contributed by atoms with Crippen LogP contribution in [0.2, 0.25) is 0 Å². The van der Waals surface area contributed by atoms with Gasteiger partial charge >= 0.3 is 6.18 Å². The molecule has 2 aromatic heterocycles. The van der Waals surface area contributed by atoms with Crippen molar-refractivity contribution in [3.63, 3.8) is 0 Å². The lowest BCUT2D eigenvalue weighted by molar-refractivity contribution is -0.128. The molecule has 0 bridgehead atoms. The van der Waals surface area contributed by atoms with E-state index in [0.29, 0.717) is 17.6 Å². The van der Waals surface area contributed by atoms with E-state index in [1.54, 1.807) is 23.8 Å². The molecular formula is C10H10F3N3. The summed E-state index contributed by atoms with van der Waals surface area (Å²) in [5.41, 5.74) is 1.19. The third-order valence-corrected chi connectivity index (χ3v) is 2.30. The summed E-state index contributed by atoms with van der Waals surface area (Å²) in [7, 11) is 0. The van der Waals surface area contributed by atoms with E-state index in [1.807, 2.05) is 0 Å². The second kappa shape index (κ2) is 3.77. The van der Waals surface area contributed by atoms with Crippen molar-refractivity contribution >= 4 is 11.0 Å². The molecule has 6 heteroatoms. The van der Waals surface area contributed by atoms with Crippen molar-refractivity contribution in [1.29, 1.82) is 0 Å². The van der Waals surface area contributed by atoms with Crippen LogP contribution in [0.25, 0.3) is 11.0 Å². The number of rotatable bonds is 2. The Morgan fingerprint density at radius 1 is 1.38 bits per heavy atom. The summed E-state index contributed by atoms with van der Waals surface area (Å²) in [4.78, 5) is 7.79. The van der Waals surface area contributed by atoms with Crippen molar-refractivity contribution < 1.29 is 13.2 Å². The Bertz CT molecular complexity index is 501. The normalized spacial score (nSPS) is 12.2. The molecule has 0 N–H and O–H groups in total. The van der Waals surface area contributed by atoms with E-state index in [4.69, 9.17) is 0 Å². The molecule has 0 saturated heterocycles. The number of nitrogens with zero attached hydrogens (tertiary/aromatic N) is 3. The Balaban J connectivity index is 2.52. The molecule has 0 aliphatic carbocycles. The van der Waals surface area contributed by atoms with E-state index in [0.717, 1.165) is 0 Å². The SMILES string of the molecule is CCn1c(CC(F)(F)F)nc2cnccc21. The van der Waals surface area contributed by atoms with E-state index >= 15 is 0 Å². The van der Waals surface area contributed by atoms with E-state index < -0.39 is 12.6 Å². The van der Waals surface area contributed by atoms with E-state index in [2.05, 4.69) is 9.97 Å². The van der Waals surface area contributed by atoms with E-state index in [9.17, 15) is 13.2 Å². The van der Waals surface area contributed by atoms with Gasteiger partial charge in [0.1, 0.15) is 17.8 Å². The first-order valence-corrected chi connectivity index (χ1v) is 4.87. The van der Waals surface area contributed by atoms with Crippen molar-refractivity contribution in [3.8, 4) is 0 Å². The largest absolute Gasteiger partial charge is 0.396 e. The molecule has 0 radical (unpaired) electrons. The van der Waals surface area contributed by atoms with Gasteiger partial charge in [0, 0.05) is 12.7 Å². The van der Waals surface area contributed by atoms with Crippen LogP contribution in [0.4, 0.5) is 13.2 Å². The molecule has 0 unspecified atom stereocenters. The number of imidazole rings is 1. The van der Waals surface area contributed by atoms with Crippen LogP contribution in [-0.4, -0.2) is 20.7 Å². The number of pyridine rings is 1. The highest BCUT2D eigenvalue weighted by Gasteiger charge is 2.30. The van der Waals surface area contributed by atoms with Gasteiger partial charge in [0.25, 0.3) is 0 Å². The molecule has 0 atom stereocenters. The van der Waals surface area contributed by atoms with Gasteiger partial charge < -0.3 is 4.57 Å². The van der Waals surface area contributed by atoms with Gasteiger partial charge in [-0.15, -0.1) is 0 Å². The van der Waals surface area contributed by atoms with Crippen LogP contribution in [0.15, 0.2) is 18.5 Å². The van der Waals surface area contributed by atoms with Gasteiger partial charge in [-0.05, 0) is 13.0 Å². The molecule has 0 fully saturated rings. The fourth-order valence-electron chi connectivity index (χ4n) is 1.70. The zero-order valence-corrected chi connectivity index (χ0v) is 8.62. The molecule has 0 aliphatic heterocycles. The van der Waals surface area contributed by atoms with Crippen molar-refractivity contribution in [2.45, 2.75) is 26.1 Å². The molecule has 0 amide bonds. The highest BCUT2D eigenvalue weighted by molar-refractivity contribution is 5.74. The highest BCUT2D eigenvalue weighted by atomic mass is 19.4. The van der Waals surface area contributed by atoms with Gasteiger partial charge in [-0.2, -0.15) is 13.2 Å². The van der Waals surface area contributed by atoms with Crippen LogP contribution in [0.5, 0.6) is 0 Å². The minimum absolute atomic E-state index is 0.0398. The number of aryl methyl sites for hydroxylation is 1. The second-order valence-corrected chi connectivity index (χ2v) is 3.43. The maximum Gasteiger partial charge on any atom is 0.396 e. The number of hydrogen-bond donors (Lipinski definition) is 0. The summed E-state index contributed by atoms with van der Waals surface area (Å²) in [6.45, 7) is 2.26. The Morgan fingerprint density at radius 3 is 2.75 bits per heavy atom. The zero-order valence-electron chi connectivity index (χ0n) is 8.62. The smallest absolute Gasteiger partial charge is 0.328 e. The van der Waals surface area contributed by atoms with E-state index in [-0.39, 0.29) is 5.82 Å². The molecule has 0 spiro atoms. The average Bonchev–Trinajstić information content (AvgIpc) is 2.51. The van der Waals surface area contributed by atoms with E-state index in [1.165, 1.54) is 6.20 Å². The summed E-state index contributed by atoms with van der Waals surface area (Å²) in [5.74, 6) is 0.0398. The molecule has 86 valence electrons. The maximum absolute atomic E-state index is 12.3. The molecule has 2 aromatic rings. The third kappa shape index (κ3) is 2.00. The van der Waals surface area contributed by atoms with Crippen LogP contribution in [-0.2, 0) is 13.0 Å². The summed E-state index contributed by atoms with van der Waals surface area (Å²) < 4.78 is 38.5. The Kier molecular flexibility index (Phi) is 2.57. The number of hydrogen-bond acceptors (Lipinski definition) is 2. The minimum Gasteiger partial charge on any atom is -0.328 e. The first kappa shape index (κ1) is 10.9. The molecule has 0 saturated carbocycles. The van der Waals surface area contributed by atoms with Crippen LogP contribution in [0.3, 0.4) is 0 Å². The van der Waals surface area contributed by atoms with Crippen molar-refractivity contribution in [1.82, 2.24) is 14.5 Å². The van der Waals surface area contributed by atoms with Crippen molar-refractivity contribution in [3.05, 3.63) is 24.3 Å². The van der Waals surface area contributed by atoms with Crippen molar-refractivity contribution in [2.75, 3.05) is 0 Å². The van der Waals surface area contributed by atoms with Gasteiger partial charge in [0.15, 0.2) is 0 Å². The maximum atomic E-state index is 12.3. The minimum atomic E-state index is -4.23. The summed E-state index contributed by atoms with van der Waals surface area (Å²) in [5, 5.41) is 0. The Morgan fingerprint density at radius 2 is 2.12 bits per heavy atom. The van der Waals surface area contributed by atoms with Gasteiger partial charge in [0.2, 0.25) is 0 Å². The number of alkyl halides is 3. The Hall–Kier alpha value is -1.59. The monoisotopic (exact) mass is 229 g/mol. The predicted molar refractivity (Wildman–Crippen MR) is 53.0 cm³/mol. The summed E-state index contributed by atoms with van der Waals surface area (Å²) in [6.07, 6.45) is -2.22. The van der Waals surface area contributed by atoms with Crippen LogP contribution in [0.1, 0.15) is 12.7 Å². The van der Waals surface area contributed by atoms with Gasteiger partial charge in [-0.1, -0.05) is 0 Å². The average molecular weight is 229 g/mol. The standard InChI is InChI=1S/C10H10F3N3/c1-2-16-8-3-4-14-6-7(8)15-9(16)5-10(11,12)13/h3-4,6H,2,5H2,1H3. The molecule has 3 nitrogen and oxygen atoms in total. The first-order chi connectivity index (χ1) is 7.51. The van der Waals surface area contributed by atoms with Gasteiger partial charge in [-0.25, -0.2) is 4.98 Å². The lowest BCUT2D eigenvalue weighted by Crippen LogP contribution is -2.16. The molecule has 0 aromatic carbocycles. The van der Waals surface area contributed by atoms with Crippen LogP contribution in [0, 0.1) is 0 Å². The molecule has 2 rings (SSSR count).